The highest BCUT2D eigenvalue weighted by atomic mass is 16.1. The average Bonchev–Trinajstić information content (AvgIpc) is 2.23. The van der Waals surface area contributed by atoms with Crippen LogP contribution < -0.4 is 0 Å². The molecular formula is C14H26O2. The number of ketones is 2. The highest BCUT2D eigenvalue weighted by molar-refractivity contribution is 5.84. The van der Waals surface area contributed by atoms with Gasteiger partial charge in [0.2, 0.25) is 0 Å². The summed E-state index contributed by atoms with van der Waals surface area (Å²) in [5, 5.41) is 0. The average molecular weight is 226 g/mol. The second-order valence-corrected chi connectivity index (χ2v) is 5.14. The predicted octanol–water partition coefficient (Wildman–Crippen LogP) is 3.78. The van der Waals surface area contributed by atoms with E-state index in [1.165, 1.54) is 12.8 Å². The van der Waals surface area contributed by atoms with Crippen LogP contribution in [0.25, 0.3) is 0 Å². The molecule has 2 unspecified atom stereocenters. The van der Waals surface area contributed by atoms with Crippen molar-refractivity contribution in [2.24, 2.45) is 11.8 Å². The summed E-state index contributed by atoms with van der Waals surface area (Å²) in [5.74, 6) is 1.58. The minimum Gasteiger partial charge on any atom is -0.300 e. The van der Waals surface area contributed by atoms with Gasteiger partial charge in [0, 0.05) is 19.3 Å². The Morgan fingerprint density at radius 2 is 1.56 bits per heavy atom. The standard InChI is InChI=1S/C14H26O2/c1-5-11(2)6-7-12(3)10-14(16)9-8-13(4)15/h11-12H,5-10H2,1-4H3. The maximum absolute atomic E-state index is 11.5. The molecule has 0 fully saturated rings. The zero-order valence-electron chi connectivity index (χ0n) is 11.2. The summed E-state index contributed by atoms with van der Waals surface area (Å²) in [7, 11) is 0. The lowest BCUT2D eigenvalue weighted by molar-refractivity contribution is -0.123. The minimum absolute atomic E-state index is 0.112. The number of rotatable bonds is 9. The topological polar surface area (TPSA) is 34.1 Å². The van der Waals surface area contributed by atoms with Crippen LogP contribution >= 0.6 is 0 Å². The molecule has 0 radical (unpaired) electrons. The van der Waals surface area contributed by atoms with Gasteiger partial charge in [-0.25, -0.2) is 0 Å². The molecule has 2 nitrogen and oxygen atoms in total. The minimum atomic E-state index is 0.112. The molecule has 16 heavy (non-hydrogen) atoms. The van der Waals surface area contributed by atoms with Crippen molar-refractivity contribution in [3.05, 3.63) is 0 Å². The van der Waals surface area contributed by atoms with Gasteiger partial charge in [0.15, 0.2) is 0 Å². The second kappa shape index (κ2) is 8.49. The molecule has 0 heterocycles. The van der Waals surface area contributed by atoms with Gasteiger partial charge in [-0.1, -0.05) is 40.0 Å². The van der Waals surface area contributed by atoms with Crippen molar-refractivity contribution >= 4 is 11.6 Å². The molecule has 0 spiro atoms. The summed E-state index contributed by atoms with van der Waals surface area (Å²) in [4.78, 5) is 22.3. The van der Waals surface area contributed by atoms with Crippen LogP contribution in [0.1, 0.15) is 66.2 Å². The Bertz CT molecular complexity index is 221. The first kappa shape index (κ1) is 15.3. The van der Waals surface area contributed by atoms with Crippen molar-refractivity contribution < 1.29 is 9.59 Å². The van der Waals surface area contributed by atoms with Crippen molar-refractivity contribution in [1.29, 1.82) is 0 Å². The van der Waals surface area contributed by atoms with Crippen LogP contribution in [0.3, 0.4) is 0 Å². The molecule has 0 saturated heterocycles. The molecule has 0 aromatic heterocycles. The van der Waals surface area contributed by atoms with Gasteiger partial charge in [-0.3, -0.25) is 4.79 Å². The fourth-order valence-electron chi connectivity index (χ4n) is 1.68. The van der Waals surface area contributed by atoms with E-state index in [1.807, 2.05) is 0 Å². The molecule has 0 aliphatic rings. The number of carbonyl (C=O) groups is 2. The van der Waals surface area contributed by atoms with Crippen LogP contribution in [0.2, 0.25) is 0 Å². The van der Waals surface area contributed by atoms with Crippen LogP contribution in [0.4, 0.5) is 0 Å². The molecule has 0 aromatic carbocycles. The number of Topliss-reactive ketones (excluding diaryl/α,β-unsaturated/α-hetero) is 2. The molecule has 0 N–H and O–H groups in total. The second-order valence-electron chi connectivity index (χ2n) is 5.14. The van der Waals surface area contributed by atoms with Crippen molar-refractivity contribution in [2.75, 3.05) is 0 Å². The maximum Gasteiger partial charge on any atom is 0.133 e. The highest BCUT2D eigenvalue weighted by Gasteiger charge is 2.11. The fraction of sp³-hybridized carbons (Fsp3) is 0.857. The lowest BCUT2D eigenvalue weighted by Crippen LogP contribution is -2.08. The lowest BCUT2D eigenvalue weighted by Gasteiger charge is -2.13. The lowest BCUT2D eigenvalue weighted by atomic mass is 9.92. The van der Waals surface area contributed by atoms with E-state index in [4.69, 9.17) is 0 Å². The van der Waals surface area contributed by atoms with Crippen LogP contribution in [0, 0.1) is 11.8 Å². The van der Waals surface area contributed by atoms with Crippen molar-refractivity contribution in [3.8, 4) is 0 Å². The van der Waals surface area contributed by atoms with Gasteiger partial charge in [0.25, 0.3) is 0 Å². The maximum atomic E-state index is 11.5. The summed E-state index contributed by atoms with van der Waals surface area (Å²) in [6.45, 7) is 8.13. The molecule has 0 saturated carbocycles. The molecule has 0 aromatic rings. The molecule has 0 rings (SSSR count). The van der Waals surface area contributed by atoms with Crippen LogP contribution in [-0.2, 0) is 9.59 Å². The molecular weight excluding hydrogens is 200 g/mol. The number of hydrogen-bond donors (Lipinski definition) is 0. The third-order valence-corrected chi connectivity index (χ3v) is 3.18. The Morgan fingerprint density at radius 3 is 2.06 bits per heavy atom. The summed E-state index contributed by atoms with van der Waals surface area (Å²) in [6, 6.07) is 0. The number of carbonyl (C=O) groups excluding carboxylic acids is 2. The Labute approximate surface area is 99.8 Å². The Morgan fingerprint density at radius 1 is 1.00 bits per heavy atom. The third-order valence-electron chi connectivity index (χ3n) is 3.18. The van der Waals surface area contributed by atoms with E-state index in [2.05, 4.69) is 20.8 Å². The zero-order chi connectivity index (χ0) is 12.6. The van der Waals surface area contributed by atoms with E-state index in [-0.39, 0.29) is 11.6 Å². The predicted molar refractivity (Wildman–Crippen MR) is 67.4 cm³/mol. The van der Waals surface area contributed by atoms with Crippen LogP contribution in [0.5, 0.6) is 0 Å². The van der Waals surface area contributed by atoms with E-state index in [0.717, 1.165) is 12.3 Å². The van der Waals surface area contributed by atoms with Gasteiger partial charge in [-0.05, 0) is 18.8 Å². The van der Waals surface area contributed by atoms with Crippen molar-refractivity contribution in [2.45, 2.75) is 66.2 Å². The third kappa shape index (κ3) is 8.63. The molecule has 94 valence electrons. The van der Waals surface area contributed by atoms with E-state index in [0.29, 0.717) is 25.2 Å². The molecule has 2 atom stereocenters. The summed E-state index contributed by atoms with van der Waals surface area (Å²) in [6.07, 6.45) is 5.03. The van der Waals surface area contributed by atoms with E-state index >= 15 is 0 Å². The normalized spacial score (nSPS) is 14.5. The Hall–Kier alpha value is -0.660. The molecule has 0 bridgehead atoms. The van der Waals surface area contributed by atoms with E-state index in [1.54, 1.807) is 6.92 Å². The van der Waals surface area contributed by atoms with Gasteiger partial charge < -0.3 is 4.79 Å². The van der Waals surface area contributed by atoms with Gasteiger partial charge in [0.1, 0.15) is 11.6 Å². The molecule has 2 heteroatoms. The Balaban J connectivity index is 3.65. The van der Waals surface area contributed by atoms with Gasteiger partial charge >= 0.3 is 0 Å². The highest BCUT2D eigenvalue weighted by Crippen LogP contribution is 2.18. The van der Waals surface area contributed by atoms with E-state index < -0.39 is 0 Å². The van der Waals surface area contributed by atoms with Crippen LogP contribution in [-0.4, -0.2) is 11.6 Å². The van der Waals surface area contributed by atoms with Crippen LogP contribution in [0.15, 0.2) is 0 Å². The fourth-order valence-corrected chi connectivity index (χ4v) is 1.68. The summed E-state index contributed by atoms with van der Waals surface area (Å²) in [5.41, 5.74) is 0. The first-order valence-electron chi connectivity index (χ1n) is 6.46. The van der Waals surface area contributed by atoms with Gasteiger partial charge in [-0.15, -0.1) is 0 Å². The summed E-state index contributed by atoms with van der Waals surface area (Å²) >= 11 is 0. The Kier molecular flexibility index (Phi) is 8.14. The van der Waals surface area contributed by atoms with Gasteiger partial charge in [-0.2, -0.15) is 0 Å². The van der Waals surface area contributed by atoms with Gasteiger partial charge in [0.05, 0.1) is 0 Å². The molecule has 0 aliphatic carbocycles. The first-order valence-corrected chi connectivity index (χ1v) is 6.46. The molecule has 0 amide bonds. The van der Waals surface area contributed by atoms with E-state index in [9.17, 15) is 9.59 Å². The quantitative estimate of drug-likeness (QED) is 0.599. The van der Waals surface area contributed by atoms with Crippen molar-refractivity contribution in [3.63, 3.8) is 0 Å². The SMILES string of the molecule is CCC(C)CCC(C)CC(=O)CCC(C)=O. The monoisotopic (exact) mass is 226 g/mol. The smallest absolute Gasteiger partial charge is 0.133 e. The first-order chi connectivity index (χ1) is 7.45. The summed E-state index contributed by atoms with van der Waals surface area (Å²) < 4.78 is 0. The zero-order valence-corrected chi connectivity index (χ0v) is 11.2. The van der Waals surface area contributed by atoms with Crippen molar-refractivity contribution in [1.82, 2.24) is 0 Å². The molecule has 0 aliphatic heterocycles. The largest absolute Gasteiger partial charge is 0.300 e. The number of hydrogen-bond acceptors (Lipinski definition) is 2.